The summed E-state index contributed by atoms with van der Waals surface area (Å²) in [5.41, 5.74) is 1.29. The van der Waals surface area contributed by atoms with E-state index in [2.05, 4.69) is 28.0 Å². The van der Waals surface area contributed by atoms with Crippen molar-refractivity contribution < 1.29 is 23.9 Å². The first kappa shape index (κ1) is 31.9. The van der Waals surface area contributed by atoms with Gasteiger partial charge in [0.25, 0.3) is 5.91 Å². The lowest BCUT2D eigenvalue weighted by atomic mass is 9.75. The van der Waals surface area contributed by atoms with Crippen molar-refractivity contribution in [2.45, 2.75) is 75.8 Å². The van der Waals surface area contributed by atoms with Crippen LogP contribution in [-0.2, 0) is 26.8 Å². The fourth-order valence-corrected chi connectivity index (χ4v) is 7.92. The monoisotopic (exact) mass is 652 g/mol. The SMILES string of the molecule is CC(=O)N1CCC(C(=O)N[C@@H](C)C2CCC2)(c2cccc(NC(=O)[C@@H](NC(=O)c3ccnn3C)C3c4ccccc4OCC34CC4)c2)C1. The fraction of sp³-hybridized carbons (Fsp3) is 0.486. The molecule has 4 amide bonds. The number of aromatic nitrogens is 2. The van der Waals surface area contributed by atoms with Crippen LogP contribution in [0.2, 0.25) is 0 Å². The van der Waals surface area contributed by atoms with Gasteiger partial charge in [-0.15, -0.1) is 0 Å². The highest BCUT2D eigenvalue weighted by atomic mass is 16.5. The van der Waals surface area contributed by atoms with Crippen LogP contribution in [-0.4, -0.2) is 70.1 Å². The second-order valence-electron chi connectivity index (χ2n) is 14.3. The largest absolute Gasteiger partial charge is 0.493 e. The smallest absolute Gasteiger partial charge is 0.270 e. The normalized spacial score (nSPS) is 23.6. The zero-order valence-electron chi connectivity index (χ0n) is 27.8. The van der Waals surface area contributed by atoms with Gasteiger partial charge in [-0.05, 0) is 74.8 Å². The number of para-hydroxylation sites is 1. The molecule has 1 aromatic heterocycles. The van der Waals surface area contributed by atoms with E-state index in [1.807, 2.05) is 42.5 Å². The average Bonchev–Trinajstić information content (AvgIpc) is 3.43. The zero-order valence-corrected chi connectivity index (χ0v) is 27.8. The molecule has 2 aromatic carbocycles. The molecule has 2 aliphatic heterocycles. The number of fused-ring (bicyclic) bond motifs is 1. The minimum Gasteiger partial charge on any atom is -0.493 e. The standard InChI is InChI=1S/C37H44N6O5/c1-23(25-8-6-9-25)39-35(47)37(17-19-43(21-37)24(2)44)26-10-7-11-27(20-26)40-34(46)32(41-33(45)29-14-18-38-42(29)3)31-28-12-4-5-13-30(28)48-22-36(31)15-16-36/h4-5,7,10-14,18,20,23,25,31-32H,6,8-9,15-17,19,21-22H2,1-3H3,(H,39,47)(H,40,46)(H,41,45)/t23-,31?,32-,37?/m0/s1. The maximum absolute atomic E-state index is 14.5. The molecule has 7 rings (SSSR count). The Balaban J connectivity index is 1.20. The van der Waals surface area contributed by atoms with Gasteiger partial charge in [0.15, 0.2) is 0 Å². The van der Waals surface area contributed by atoms with Gasteiger partial charge in [-0.2, -0.15) is 5.10 Å². The molecule has 1 saturated heterocycles. The molecule has 4 atom stereocenters. The molecule has 3 heterocycles. The van der Waals surface area contributed by atoms with Crippen molar-refractivity contribution in [3.8, 4) is 5.75 Å². The van der Waals surface area contributed by atoms with E-state index in [1.54, 1.807) is 30.3 Å². The molecule has 48 heavy (non-hydrogen) atoms. The van der Waals surface area contributed by atoms with Gasteiger partial charge in [0.1, 0.15) is 17.5 Å². The van der Waals surface area contributed by atoms with Crippen LogP contribution < -0.4 is 20.7 Å². The maximum Gasteiger partial charge on any atom is 0.270 e. The van der Waals surface area contributed by atoms with Crippen LogP contribution in [0.25, 0.3) is 0 Å². The van der Waals surface area contributed by atoms with Crippen LogP contribution in [0.4, 0.5) is 5.69 Å². The highest BCUT2D eigenvalue weighted by Gasteiger charge is 2.58. The third-order valence-electron chi connectivity index (χ3n) is 11.3. The number of nitrogens with one attached hydrogen (secondary N) is 3. The summed E-state index contributed by atoms with van der Waals surface area (Å²) in [5, 5.41) is 13.6. The number of aryl methyl sites for hydroxylation is 1. The van der Waals surface area contributed by atoms with Crippen molar-refractivity contribution in [1.29, 1.82) is 0 Å². The Bertz CT molecular complexity index is 1740. The number of ether oxygens (including phenoxy) is 1. The second-order valence-corrected chi connectivity index (χ2v) is 14.3. The summed E-state index contributed by atoms with van der Waals surface area (Å²) >= 11 is 0. The number of amides is 4. The first-order chi connectivity index (χ1) is 23.1. The Labute approximate surface area is 280 Å². The lowest BCUT2D eigenvalue weighted by Crippen LogP contribution is -2.52. The highest BCUT2D eigenvalue weighted by Crippen LogP contribution is 2.61. The number of anilines is 1. The quantitative estimate of drug-likeness (QED) is 0.321. The molecule has 3 fully saturated rings. The zero-order chi connectivity index (χ0) is 33.6. The lowest BCUT2D eigenvalue weighted by molar-refractivity contribution is -0.130. The molecule has 0 bridgehead atoms. The van der Waals surface area contributed by atoms with Crippen LogP contribution in [0, 0.1) is 11.3 Å². The highest BCUT2D eigenvalue weighted by molar-refractivity contribution is 6.01. The number of benzene rings is 2. The third-order valence-corrected chi connectivity index (χ3v) is 11.3. The van der Waals surface area contributed by atoms with Gasteiger partial charge in [-0.1, -0.05) is 36.8 Å². The Morgan fingerprint density at radius 1 is 1.00 bits per heavy atom. The van der Waals surface area contributed by atoms with Crippen molar-refractivity contribution in [2.75, 3.05) is 25.0 Å². The molecular weight excluding hydrogens is 608 g/mol. The summed E-state index contributed by atoms with van der Waals surface area (Å²) < 4.78 is 7.62. The van der Waals surface area contributed by atoms with Gasteiger partial charge < -0.3 is 25.6 Å². The fourth-order valence-electron chi connectivity index (χ4n) is 7.92. The molecule has 2 unspecified atom stereocenters. The number of hydrogen-bond acceptors (Lipinski definition) is 6. The maximum atomic E-state index is 14.5. The summed E-state index contributed by atoms with van der Waals surface area (Å²) in [6.07, 6.45) is 7.20. The number of likely N-dealkylation sites (tertiary alicyclic amines) is 1. The van der Waals surface area contributed by atoms with Gasteiger partial charge in [0.05, 0.1) is 12.0 Å². The van der Waals surface area contributed by atoms with E-state index in [0.29, 0.717) is 36.9 Å². The van der Waals surface area contributed by atoms with Crippen LogP contribution in [0.15, 0.2) is 60.8 Å². The van der Waals surface area contributed by atoms with Crippen molar-refractivity contribution in [2.24, 2.45) is 18.4 Å². The van der Waals surface area contributed by atoms with Crippen molar-refractivity contribution >= 4 is 29.3 Å². The molecule has 3 aromatic rings. The number of rotatable bonds is 9. The van der Waals surface area contributed by atoms with Crippen molar-refractivity contribution in [3.05, 3.63) is 77.6 Å². The minimum absolute atomic E-state index is 0.0401. The molecule has 4 aliphatic rings. The predicted octanol–water partition coefficient (Wildman–Crippen LogP) is 3.91. The molecule has 252 valence electrons. The van der Waals surface area contributed by atoms with Gasteiger partial charge in [-0.25, -0.2) is 0 Å². The topological polar surface area (TPSA) is 135 Å². The van der Waals surface area contributed by atoms with E-state index in [4.69, 9.17) is 4.74 Å². The molecule has 2 aliphatic carbocycles. The minimum atomic E-state index is -0.949. The summed E-state index contributed by atoms with van der Waals surface area (Å²) in [6.45, 7) is 4.81. The number of nitrogens with zero attached hydrogens (tertiary/aromatic N) is 3. The third kappa shape index (κ3) is 5.73. The van der Waals surface area contributed by atoms with E-state index in [-0.39, 0.29) is 41.6 Å². The summed E-state index contributed by atoms with van der Waals surface area (Å²) in [4.78, 5) is 56.3. The van der Waals surface area contributed by atoms with E-state index in [1.165, 1.54) is 18.0 Å². The van der Waals surface area contributed by atoms with E-state index >= 15 is 0 Å². The Hall–Kier alpha value is -4.67. The Morgan fingerprint density at radius 3 is 2.46 bits per heavy atom. The average molecular weight is 653 g/mol. The molecule has 3 N–H and O–H groups in total. The van der Waals surface area contributed by atoms with Crippen molar-refractivity contribution in [3.63, 3.8) is 0 Å². The molecule has 1 spiro atoms. The first-order valence-corrected chi connectivity index (χ1v) is 17.1. The Kier molecular flexibility index (Phi) is 8.25. The van der Waals surface area contributed by atoms with Gasteiger partial charge in [0, 0.05) is 61.9 Å². The first-order valence-electron chi connectivity index (χ1n) is 17.1. The number of carbonyl (C=O) groups is 4. The van der Waals surface area contributed by atoms with E-state index in [0.717, 1.165) is 42.6 Å². The van der Waals surface area contributed by atoms with E-state index in [9.17, 15) is 19.2 Å². The van der Waals surface area contributed by atoms with Crippen LogP contribution in [0.1, 0.15) is 79.9 Å². The van der Waals surface area contributed by atoms with Crippen LogP contribution in [0.5, 0.6) is 5.75 Å². The van der Waals surface area contributed by atoms with Crippen molar-refractivity contribution in [1.82, 2.24) is 25.3 Å². The summed E-state index contributed by atoms with van der Waals surface area (Å²) in [7, 11) is 1.69. The second kappa shape index (κ2) is 12.4. The molecule has 11 nitrogen and oxygen atoms in total. The van der Waals surface area contributed by atoms with E-state index < -0.39 is 17.4 Å². The Morgan fingerprint density at radius 2 is 1.79 bits per heavy atom. The van der Waals surface area contributed by atoms with Gasteiger partial charge in [0.2, 0.25) is 17.7 Å². The molecule has 2 saturated carbocycles. The summed E-state index contributed by atoms with van der Waals surface area (Å²) in [5.74, 6) is -0.0455. The lowest BCUT2D eigenvalue weighted by Gasteiger charge is -2.38. The molecule has 11 heteroatoms. The van der Waals surface area contributed by atoms with Crippen LogP contribution >= 0.6 is 0 Å². The number of hydrogen-bond donors (Lipinski definition) is 3. The molecule has 0 radical (unpaired) electrons. The van der Waals surface area contributed by atoms with Crippen LogP contribution in [0.3, 0.4) is 0 Å². The molecular formula is C37H44N6O5. The number of carbonyl (C=O) groups excluding carboxylic acids is 4. The van der Waals surface area contributed by atoms with Gasteiger partial charge >= 0.3 is 0 Å². The predicted molar refractivity (Wildman–Crippen MR) is 179 cm³/mol. The van der Waals surface area contributed by atoms with Gasteiger partial charge in [-0.3, -0.25) is 23.9 Å². The summed E-state index contributed by atoms with van der Waals surface area (Å²) in [6, 6.07) is 15.9.